The van der Waals surface area contributed by atoms with Gasteiger partial charge >= 0.3 is 0 Å². The first-order valence-electron chi connectivity index (χ1n) is 13.1. The van der Waals surface area contributed by atoms with Crippen LogP contribution in [0, 0.1) is 23.7 Å². The molecule has 0 aromatic carbocycles. The third-order valence-corrected chi connectivity index (χ3v) is 8.56. The van der Waals surface area contributed by atoms with E-state index < -0.39 is 0 Å². The third-order valence-electron chi connectivity index (χ3n) is 8.56. The van der Waals surface area contributed by atoms with Crippen molar-refractivity contribution in [2.24, 2.45) is 23.7 Å². The molecule has 5 heteroatoms. The largest absolute Gasteiger partial charge is 0.373 e. The lowest BCUT2D eigenvalue weighted by Crippen LogP contribution is -2.45. The number of hydrogen-bond acceptors (Lipinski definition) is 5. The van der Waals surface area contributed by atoms with Crippen LogP contribution in [0.4, 0.5) is 0 Å². The maximum Gasteiger partial charge on any atom is 0.0892 e. The van der Waals surface area contributed by atoms with Gasteiger partial charge in [-0.1, -0.05) is 55.4 Å². The quantitative estimate of drug-likeness (QED) is 0.357. The molecule has 12 atom stereocenters. The second-order valence-electron chi connectivity index (χ2n) is 10.7. The molecule has 180 valence electrons. The molecule has 4 saturated heterocycles. The van der Waals surface area contributed by atoms with Gasteiger partial charge in [0.15, 0.2) is 0 Å². The topological polar surface area (TPSA) is 59.4 Å². The van der Waals surface area contributed by atoms with E-state index in [0.29, 0.717) is 72.5 Å². The standard InChI is InChI=1S/C26H46O5/c1-9-17-23(27-17)13(5)21(14(6)24-18(10-2)28-24)31-22(15(7)25-19(11-3)29-25)16(8)26-20(12-4)30-26/h13-26H,9-12H2,1-8H3. The summed E-state index contributed by atoms with van der Waals surface area (Å²) in [5.74, 6) is 1.42. The van der Waals surface area contributed by atoms with Crippen molar-refractivity contribution in [2.45, 2.75) is 142 Å². The maximum atomic E-state index is 7.15. The Morgan fingerprint density at radius 1 is 0.484 bits per heavy atom. The Hall–Kier alpha value is -0.200. The van der Waals surface area contributed by atoms with Gasteiger partial charge in [0.1, 0.15) is 0 Å². The van der Waals surface area contributed by atoms with Crippen LogP contribution in [0.15, 0.2) is 0 Å². The molecular formula is C26H46O5. The Kier molecular flexibility index (Phi) is 7.40. The molecule has 4 heterocycles. The van der Waals surface area contributed by atoms with Crippen molar-refractivity contribution in [3.05, 3.63) is 0 Å². The van der Waals surface area contributed by atoms with Gasteiger partial charge in [-0.15, -0.1) is 0 Å². The van der Waals surface area contributed by atoms with Gasteiger partial charge < -0.3 is 23.7 Å². The van der Waals surface area contributed by atoms with Crippen molar-refractivity contribution in [1.29, 1.82) is 0 Å². The van der Waals surface area contributed by atoms with Gasteiger partial charge in [-0.25, -0.2) is 0 Å². The molecule has 12 unspecified atom stereocenters. The molecule has 0 saturated carbocycles. The van der Waals surface area contributed by atoms with Crippen molar-refractivity contribution in [1.82, 2.24) is 0 Å². The summed E-state index contributed by atoms with van der Waals surface area (Å²) in [7, 11) is 0. The van der Waals surface area contributed by atoms with Crippen LogP contribution in [-0.4, -0.2) is 61.0 Å². The molecule has 0 aromatic heterocycles. The van der Waals surface area contributed by atoms with Gasteiger partial charge in [-0.2, -0.15) is 0 Å². The number of ether oxygens (including phenoxy) is 5. The third kappa shape index (κ3) is 5.01. The van der Waals surface area contributed by atoms with E-state index >= 15 is 0 Å². The van der Waals surface area contributed by atoms with Gasteiger partial charge in [0.25, 0.3) is 0 Å². The monoisotopic (exact) mass is 438 g/mol. The van der Waals surface area contributed by atoms with Crippen LogP contribution in [0.1, 0.15) is 81.1 Å². The number of epoxide rings is 4. The van der Waals surface area contributed by atoms with E-state index in [2.05, 4.69) is 55.4 Å². The van der Waals surface area contributed by atoms with Crippen molar-refractivity contribution in [2.75, 3.05) is 0 Å². The second kappa shape index (κ2) is 9.58. The van der Waals surface area contributed by atoms with Gasteiger partial charge in [0.05, 0.1) is 61.0 Å². The molecule has 5 nitrogen and oxygen atoms in total. The highest BCUT2D eigenvalue weighted by atomic mass is 16.6. The Balaban J connectivity index is 1.51. The second-order valence-corrected chi connectivity index (χ2v) is 10.7. The van der Waals surface area contributed by atoms with Gasteiger partial charge in [-0.05, 0) is 25.7 Å². The van der Waals surface area contributed by atoms with Crippen LogP contribution >= 0.6 is 0 Å². The summed E-state index contributed by atoms with van der Waals surface area (Å²) in [6, 6.07) is 0. The van der Waals surface area contributed by atoms with Gasteiger partial charge in [-0.3, -0.25) is 0 Å². The Bertz CT molecular complexity index is 500. The molecule has 0 bridgehead atoms. The Labute approximate surface area is 189 Å². The molecule has 0 N–H and O–H groups in total. The smallest absolute Gasteiger partial charge is 0.0892 e. The minimum atomic E-state index is 0.121. The zero-order valence-corrected chi connectivity index (χ0v) is 21.0. The van der Waals surface area contributed by atoms with Crippen LogP contribution in [-0.2, 0) is 23.7 Å². The summed E-state index contributed by atoms with van der Waals surface area (Å²) in [5.41, 5.74) is 0. The number of rotatable bonds is 14. The summed E-state index contributed by atoms with van der Waals surface area (Å²) < 4.78 is 31.3. The van der Waals surface area contributed by atoms with E-state index in [9.17, 15) is 0 Å². The molecule has 31 heavy (non-hydrogen) atoms. The predicted octanol–water partition coefficient (Wildman–Crippen LogP) is 4.99. The van der Waals surface area contributed by atoms with E-state index in [1.807, 2.05) is 0 Å². The summed E-state index contributed by atoms with van der Waals surface area (Å²) in [5, 5.41) is 0. The molecule has 4 rings (SSSR count). The van der Waals surface area contributed by atoms with Crippen LogP contribution in [0.25, 0.3) is 0 Å². The lowest BCUT2D eigenvalue weighted by molar-refractivity contribution is -0.120. The average molecular weight is 439 g/mol. The highest BCUT2D eigenvalue weighted by molar-refractivity contribution is 5.02. The maximum absolute atomic E-state index is 7.15. The fourth-order valence-corrected chi connectivity index (χ4v) is 6.17. The van der Waals surface area contributed by atoms with Gasteiger partial charge in [0.2, 0.25) is 0 Å². The summed E-state index contributed by atoms with van der Waals surface area (Å²) in [4.78, 5) is 0. The lowest BCUT2D eigenvalue weighted by Gasteiger charge is -2.37. The molecule has 0 amide bonds. The van der Waals surface area contributed by atoms with Crippen LogP contribution in [0.3, 0.4) is 0 Å². The van der Waals surface area contributed by atoms with Crippen LogP contribution in [0.5, 0.6) is 0 Å². The lowest BCUT2D eigenvalue weighted by atomic mass is 9.83. The predicted molar refractivity (Wildman–Crippen MR) is 121 cm³/mol. The van der Waals surface area contributed by atoms with E-state index in [1.165, 1.54) is 0 Å². The molecule has 0 aromatic rings. The van der Waals surface area contributed by atoms with E-state index in [1.54, 1.807) is 0 Å². The first-order valence-corrected chi connectivity index (χ1v) is 13.1. The Morgan fingerprint density at radius 2 is 0.710 bits per heavy atom. The van der Waals surface area contributed by atoms with E-state index in [4.69, 9.17) is 23.7 Å². The van der Waals surface area contributed by atoms with Crippen molar-refractivity contribution in [3.8, 4) is 0 Å². The fourth-order valence-electron chi connectivity index (χ4n) is 6.17. The minimum Gasteiger partial charge on any atom is -0.373 e. The zero-order valence-electron chi connectivity index (χ0n) is 21.0. The van der Waals surface area contributed by atoms with Gasteiger partial charge in [0, 0.05) is 23.7 Å². The first kappa shape index (κ1) is 23.9. The summed E-state index contributed by atoms with van der Waals surface area (Å²) in [6.07, 6.45) is 7.32. The SMILES string of the molecule is CCC1OC1C(C)C(OC(C(C)C1OC1CC)C(C)C1OC1CC)C(C)C1OC1CC. The minimum absolute atomic E-state index is 0.121. The summed E-state index contributed by atoms with van der Waals surface area (Å²) in [6.45, 7) is 18.1. The first-order chi connectivity index (χ1) is 14.9. The normalized spacial score (nSPS) is 44.1. The van der Waals surface area contributed by atoms with Crippen molar-refractivity contribution < 1.29 is 23.7 Å². The molecule has 4 fully saturated rings. The highest BCUT2D eigenvalue weighted by Crippen LogP contribution is 2.46. The average Bonchev–Trinajstić information content (AvgIpc) is 3.66. The van der Waals surface area contributed by atoms with E-state index in [0.717, 1.165) is 25.7 Å². The molecule has 0 spiro atoms. The van der Waals surface area contributed by atoms with Crippen LogP contribution in [0.2, 0.25) is 0 Å². The van der Waals surface area contributed by atoms with Crippen molar-refractivity contribution >= 4 is 0 Å². The van der Waals surface area contributed by atoms with Crippen LogP contribution < -0.4 is 0 Å². The Morgan fingerprint density at radius 3 is 0.871 bits per heavy atom. The number of hydrogen-bond donors (Lipinski definition) is 0. The molecule has 4 aliphatic heterocycles. The fraction of sp³-hybridized carbons (Fsp3) is 1.00. The van der Waals surface area contributed by atoms with E-state index in [-0.39, 0.29) is 12.2 Å². The summed E-state index contributed by atoms with van der Waals surface area (Å²) >= 11 is 0. The molecular weight excluding hydrogens is 392 g/mol. The molecule has 0 radical (unpaired) electrons. The zero-order chi connectivity index (χ0) is 22.4. The van der Waals surface area contributed by atoms with Crippen molar-refractivity contribution in [3.63, 3.8) is 0 Å². The molecule has 4 aliphatic rings. The highest BCUT2D eigenvalue weighted by Gasteiger charge is 2.55. The molecule has 0 aliphatic carbocycles.